The molecule has 2 nitrogen and oxygen atoms in total. The Balaban J connectivity index is 2.19. The molecule has 1 aliphatic rings. The fourth-order valence-electron chi connectivity index (χ4n) is 4.70. The molecule has 0 N–H and O–H groups in total. The molecule has 0 saturated heterocycles. The van der Waals surface area contributed by atoms with Gasteiger partial charge in [-0.05, 0) is 59.2 Å². The topological polar surface area (TPSA) is 8.81 Å². The Morgan fingerprint density at radius 3 is 2.15 bits per heavy atom. The number of hydrogen-bond donors (Lipinski definition) is 0. The molecule has 2 heterocycles. The minimum Gasteiger partial charge on any atom is -0.196 e. The van der Waals surface area contributed by atoms with E-state index in [4.69, 9.17) is 0 Å². The highest BCUT2D eigenvalue weighted by molar-refractivity contribution is 5.52. The number of imidazole rings is 1. The number of benzene rings is 2. The van der Waals surface area contributed by atoms with Gasteiger partial charge in [-0.3, -0.25) is 0 Å². The van der Waals surface area contributed by atoms with Gasteiger partial charge in [0, 0.05) is 12.5 Å². The molecule has 0 radical (unpaired) electrons. The van der Waals surface area contributed by atoms with Gasteiger partial charge in [-0.1, -0.05) is 36.4 Å². The minimum absolute atomic E-state index is 0.00535. The molecule has 0 amide bonds. The third-order valence-electron chi connectivity index (χ3n) is 5.76. The molecule has 0 aliphatic carbocycles. The van der Waals surface area contributed by atoms with E-state index in [9.17, 15) is 0 Å². The fourth-order valence-corrected chi connectivity index (χ4v) is 4.70. The van der Waals surface area contributed by atoms with Crippen LogP contribution in [0.15, 0.2) is 48.5 Å². The first-order chi connectivity index (χ1) is 12.2. The third-order valence-corrected chi connectivity index (χ3v) is 5.76. The van der Waals surface area contributed by atoms with E-state index in [0.29, 0.717) is 0 Å². The Hall–Kier alpha value is -2.35. The minimum atomic E-state index is -0.00535. The van der Waals surface area contributed by atoms with Crippen molar-refractivity contribution >= 4 is 0 Å². The molecule has 1 aromatic heterocycles. The summed E-state index contributed by atoms with van der Waals surface area (Å²) in [5.74, 6) is 1.34. The van der Waals surface area contributed by atoms with Crippen LogP contribution in [0.1, 0.15) is 63.0 Å². The molecule has 1 aliphatic heterocycles. The molecule has 0 saturated carbocycles. The highest BCUT2D eigenvalue weighted by Crippen LogP contribution is 2.43. The standard InChI is InChI=1S/C24H29N2/c1-16-12-8-10-14-19(16)25-17(2)21-24(6,7)18-13-9-11-15-20(18)26(21)22(25)23(3,4)5/h8-15H,1-7H3/q+1. The van der Waals surface area contributed by atoms with E-state index in [-0.39, 0.29) is 10.8 Å². The molecule has 3 aromatic rings. The molecule has 0 bridgehead atoms. The molecule has 0 fully saturated rings. The van der Waals surface area contributed by atoms with Gasteiger partial charge in [0.1, 0.15) is 17.1 Å². The lowest BCUT2D eigenvalue weighted by molar-refractivity contribution is -0.611. The van der Waals surface area contributed by atoms with Crippen LogP contribution < -0.4 is 4.57 Å². The van der Waals surface area contributed by atoms with Gasteiger partial charge in [0.25, 0.3) is 5.82 Å². The normalized spacial score (nSPS) is 15.0. The average Bonchev–Trinajstić information content (AvgIpc) is 3.00. The maximum absolute atomic E-state index is 2.52. The van der Waals surface area contributed by atoms with Crippen molar-refractivity contribution in [2.45, 2.75) is 59.3 Å². The summed E-state index contributed by atoms with van der Waals surface area (Å²) >= 11 is 0. The predicted molar refractivity (Wildman–Crippen MR) is 108 cm³/mol. The Kier molecular flexibility index (Phi) is 3.50. The Bertz CT molecular complexity index is 1010. The summed E-state index contributed by atoms with van der Waals surface area (Å²) in [7, 11) is 0. The zero-order valence-electron chi connectivity index (χ0n) is 17.0. The smallest absolute Gasteiger partial charge is 0.196 e. The lowest BCUT2D eigenvalue weighted by Crippen LogP contribution is -2.42. The summed E-state index contributed by atoms with van der Waals surface area (Å²) in [5.41, 5.74) is 8.09. The Morgan fingerprint density at radius 2 is 1.50 bits per heavy atom. The van der Waals surface area contributed by atoms with Crippen molar-refractivity contribution in [2.24, 2.45) is 0 Å². The van der Waals surface area contributed by atoms with Crippen LogP contribution in [0.25, 0.3) is 11.4 Å². The van der Waals surface area contributed by atoms with Crippen molar-refractivity contribution in [3.8, 4) is 11.4 Å². The number of rotatable bonds is 1. The van der Waals surface area contributed by atoms with Gasteiger partial charge >= 0.3 is 0 Å². The summed E-state index contributed by atoms with van der Waals surface area (Å²) in [6.07, 6.45) is 0. The predicted octanol–water partition coefficient (Wildman–Crippen LogP) is 5.31. The second kappa shape index (κ2) is 5.33. The van der Waals surface area contributed by atoms with Crippen molar-refractivity contribution in [1.29, 1.82) is 0 Å². The largest absolute Gasteiger partial charge is 0.272 e. The number of aryl methyl sites for hydroxylation is 1. The molecule has 0 atom stereocenters. The van der Waals surface area contributed by atoms with Gasteiger partial charge in [-0.25, -0.2) is 0 Å². The van der Waals surface area contributed by atoms with Gasteiger partial charge in [-0.15, -0.1) is 0 Å². The van der Waals surface area contributed by atoms with Gasteiger partial charge in [-0.2, -0.15) is 9.13 Å². The number of hydrogen-bond acceptors (Lipinski definition) is 0. The molecule has 26 heavy (non-hydrogen) atoms. The lowest BCUT2D eigenvalue weighted by atomic mass is 9.82. The zero-order valence-corrected chi connectivity index (χ0v) is 17.0. The summed E-state index contributed by atoms with van der Waals surface area (Å²) in [6, 6.07) is 17.6. The number of aromatic nitrogens is 2. The van der Waals surface area contributed by atoms with E-state index < -0.39 is 0 Å². The monoisotopic (exact) mass is 345 g/mol. The Morgan fingerprint density at radius 1 is 0.885 bits per heavy atom. The first-order valence-corrected chi connectivity index (χ1v) is 9.50. The lowest BCUT2D eigenvalue weighted by Gasteiger charge is -2.19. The second-order valence-electron chi connectivity index (χ2n) is 9.11. The summed E-state index contributed by atoms with van der Waals surface area (Å²) < 4.78 is 5.01. The first-order valence-electron chi connectivity index (χ1n) is 9.50. The van der Waals surface area contributed by atoms with Crippen LogP contribution in [0.3, 0.4) is 0 Å². The van der Waals surface area contributed by atoms with Crippen LogP contribution in [0.2, 0.25) is 0 Å². The third kappa shape index (κ3) is 2.14. The fraction of sp³-hybridized carbons (Fsp3) is 0.375. The van der Waals surface area contributed by atoms with Crippen LogP contribution >= 0.6 is 0 Å². The molecule has 0 unspecified atom stereocenters. The quantitative estimate of drug-likeness (QED) is 0.529. The summed E-state index contributed by atoms with van der Waals surface area (Å²) in [4.78, 5) is 0. The van der Waals surface area contributed by atoms with Crippen molar-refractivity contribution in [2.75, 3.05) is 0 Å². The highest BCUT2D eigenvalue weighted by Gasteiger charge is 2.49. The van der Waals surface area contributed by atoms with Crippen molar-refractivity contribution in [3.05, 3.63) is 76.9 Å². The first kappa shape index (κ1) is 17.1. The van der Waals surface area contributed by atoms with Crippen molar-refractivity contribution < 1.29 is 4.57 Å². The molecule has 4 rings (SSSR count). The van der Waals surface area contributed by atoms with Crippen LogP contribution in [0, 0.1) is 13.8 Å². The zero-order chi connectivity index (χ0) is 18.9. The van der Waals surface area contributed by atoms with Gasteiger partial charge in [0.2, 0.25) is 0 Å². The van der Waals surface area contributed by atoms with Crippen LogP contribution in [0.4, 0.5) is 0 Å². The van der Waals surface area contributed by atoms with E-state index in [1.807, 2.05) is 0 Å². The molecule has 0 spiro atoms. The number of para-hydroxylation sites is 2. The summed E-state index contributed by atoms with van der Waals surface area (Å²) in [5, 5.41) is 0. The molecule has 2 heteroatoms. The van der Waals surface area contributed by atoms with E-state index in [2.05, 4.69) is 106 Å². The highest BCUT2D eigenvalue weighted by atomic mass is 15.2. The summed E-state index contributed by atoms with van der Waals surface area (Å²) in [6.45, 7) is 16.1. The molecule has 2 aromatic carbocycles. The van der Waals surface area contributed by atoms with Crippen LogP contribution in [-0.4, -0.2) is 4.57 Å². The maximum Gasteiger partial charge on any atom is 0.272 e. The molecular weight excluding hydrogens is 316 g/mol. The van der Waals surface area contributed by atoms with Crippen molar-refractivity contribution in [3.63, 3.8) is 0 Å². The van der Waals surface area contributed by atoms with E-state index >= 15 is 0 Å². The SMILES string of the molecule is Cc1ccccc1-n1c(C)c2[n+](c1C(C)(C)C)-c1ccccc1C2(C)C. The van der Waals surface area contributed by atoms with Crippen LogP contribution in [0.5, 0.6) is 0 Å². The van der Waals surface area contributed by atoms with Gasteiger partial charge in [0.15, 0.2) is 5.69 Å². The maximum atomic E-state index is 2.52. The number of fused-ring (bicyclic) bond motifs is 3. The number of nitrogens with zero attached hydrogens (tertiary/aromatic N) is 2. The van der Waals surface area contributed by atoms with E-state index in [0.717, 1.165) is 0 Å². The van der Waals surface area contributed by atoms with Gasteiger partial charge < -0.3 is 0 Å². The Labute approximate surface area is 157 Å². The average molecular weight is 346 g/mol. The van der Waals surface area contributed by atoms with Gasteiger partial charge in [0.05, 0.1) is 10.8 Å². The second-order valence-corrected chi connectivity index (χ2v) is 9.11. The van der Waals surface area contributed by atoms with Crippen molar-refractivity contribution in [1.82, 2.24) is 4.57 Å². The van der Waals surface area contributed by atoms with Crippen LogP contribution in [-0.2, 0) is 10.8 Å². The molecule has 134 valence electrons. The molecular formula is C24H29N2+. The van der Waals surface area contributed by atoms with E-state index in [1.54, 1.807) is 0 Å². The van der Waals surface area contributed by atoms with E-state index in [1.165, 1.54) is 39.7 Å².